The van der Waals surface area contributed by atoms with Crippen LogP contribution in [0.1, 0.15) is 46.0 Å². The minimum atomic E-state index is -0.318. The van der Waals surface area contributed by atoms with Crippen molar-refractivity contribution in [1.29, 1.82) is 0 Å². The Morgan fingerprint density at radius 3 is 2.93 bits per heavy atom. The summed E-state index contributed by atoms with van der Waals surface area (Å²) >= 11 is 5.65. The van der Waals surface area contributed by atoms with Gasteiger partial charge in [0, 0.05) is 5.88 Å². The van der Waals surface area contributed by atoms with Gasteiger partial charge in [-0.25, -0.2) is 0 Å². The predicted octanol–water partition coefficient (Wildman–Crippen LogP) is 3.10. The molecule has 0 saturated heterocycles. The molecule has 0 spiro atoms. The van der Waals surface area contributed by atoms with E-state index in [0.29, 0.717) is 0 Å². The van der Waals surface area contributed by atoms with E-state index in [1.165, 1.54) is 31.7 Å². The number of hydrogen-bond donors (Lipinski definition) is 0. The molecule has 3 heteroatoms. The van der Waals surface area contributed by atoms with Crippen molar-refractivity contribution in [2.75, 3.05) is 5.88 Å². The van der Waals surface area contributed by atoms with Gasteiger partial charge in [0.2, 0.25) is 0 Å². The van der Waals surface area contributed by atoms with E-state index >= 15 is 0 Å². The highest BCUT2D eigenvalue weighted by Crippen LogP contribution is 2.35. The molecule has 1 rings (SSSR count). The van der Waals surface area contributed by atoms with Crippen LogP contribution in [0.15, 0.2) is 0 Å². The third-order valence-corrected chi connectivity index (χ3v) is 5.48. The summed E-state index contributed by atoms with van der Waals surface area (Å²) in [4.78, 5) is 0. The molecule has 1 aliphatic carbocycles. The van der Waals surface area contributed by atoms with Crippen molar-refractivity contribution in [3.8, 4) is 0 Å². The van der Waals surface area contributed by atoms with Crippen LogP contribution in [0.4, 0.5) is 0 Å². The molecule has 0 amide bonds. The third kappa shape index (κ3) is 3.56. The first-order valence-electron chi connectivity index (χ1n) is 5.89. The van der Waals surface area contributed by atoms with E-state index in [0.717, 1.165) is 18.2 Å². The van der Waals surface area contributed by atoms with Crippen molar-refractivity contribution in [3.63, 3.8) is 0 Å². The molecule has 1 fully saturated rings. The molecule has 0 aromatic heterocycles. The highest BCUT2D eigenvalue weighted by molar-refractivity contribution is 6.27. The Balaban J connectivity index is 2.25. The van der Waals surface area contributed by atoms with Gasteiger partial charge >= 0.3 is 0 Å². The maximum Gasteiger partial charge on any atom is 0.162 e. The summed E-state index contributed by atoms with van der Waals surface area (Å²) in [6, 6.07) is 1.24. The highest BCUT2D eigenvalue weighted by Gasteiger charge is 2.33. The third-order valence-electron chi connectivity index (χ3n) is 3.56. The second-order valence-corrected chi connectivity index (χ2v) is 6.49. The number of halogens is 1. The molecule has 2 atom stereocenters. The summed E-state index contributed by atoms with van der Waals surface area (Å²) in [6.45, 7) is 4.65. The molecule has 1 aliphatic rings. The van der Waals surface area contributed by atoms with Crippen LogP contribution in [0.5, 0.6) is 0 Å². The standard InChI is InChI=1S/C11H23ClOSi/c1-10-6-3-4-7-11(10,2)13-14-9-5-8-12/h10H,3-9,14H2,1-2H3. The van der Waals surface area contributed by atoms with Crippen LogP contribution in [0.25, 0.3) is 0 Å². The molecule has 0 aliphatic heterocycles. The lowest BCUT2D eigenvalue weighted by molar-refractivity contribution is 0.00277. The average molecular weight is 235 g/mol. The fourth-order valence-electron chi connectivity index (χ4n) is 2.19. The van der Waals surface area contributed by atoms with Gasteiger partial charge in [-0.15, -0.1) is 11.6 Å². The van der Waals surface area contributed by atoms with Crippen molar-refractivity contribution >= 4 is 21.4 Å². The Kier molecular flexibility index (Phi) is 5.50. The Labute approximate surface area is 95.5 Å². The lowest BCUT2D eigenvalue weighted by Crippen LogP contribution is -2.40. The molecule has 0 radical (unpaired) electrons. The number of hydrogen-bond acceptors (Lipinski definition) is 1. The van der Waals surface area contributed by atoms with Crippen molar-refractivity contribution in [1.82, 2.24) is 0 Å². The monoisotopic (exact) mass is 234 g/mol. The predicted molar refractivity (Wildman–Crippen MR) is 65.8 cm³/mol. The van der Waals surface area contributed by atoms with Crippen LogP contribution in [-0.2, 0) is 4.43 Å². The first-order valence-corrected chi connectivity index (χ1v) is 8.00. The molecule has 0 aromatic carbocycles. The Morgan fingerprint density at radius 1 is 1.50 bits per heavy atom. The maximum absolute atomic E-state index is 6.17. The van der Waals surface area contributed by atoms with E-state index in [-0.39, 0.29) is 15.4 Å². The summed E-state index contributed by atoms with van der Waals surface area (Å²) in [6.07, 6.45) is 6.49. The fraction of sp³-hybridized carbons (Fsp3) is 1.00. The van der Waals surface area contributed by atoms with E-state index in [1.54, 1.807) is 0 Å². The molecule has 0 bridgehead atoms. The van der Waals surface area contributed by atoms with E-state index in [9.17, 15) is 0 Å². The molecule has 0 N–H and O–H groups in total. The Morgan fingerprint density at radius 2 is 2.29 bits per heavy atom. The van der Waals surface area contributed by atoms with Gasteiger partial charge < -0.3 is 4.43 Å². The van der Waals surface area contributed by atoms with Crippen molar-refractivity contribution in [3.05, 3.63) is 0 Å². The molecule has 14 heavy (non-hydrogen) atoms. The SMILES string of the molecule is CC1CCCCC1(C)O[SiH2]CCCCl. The molecule has 2 unspecified atom stereocenters. The Hall–Kier alpha value is 0.467. The highest BCUT2D eigenvalue weighted by atomic mass is 35.5. The summed E-state index contributed by atoms with van der Waals surface area (Å²) in [7, 11) is -0.318. The van der Waals surface area contributed by atoms with Gasteiger partial charge in [-0.1, -0.05) is 19.8 Å². The van der Waals surface area contributed by atoms with Gasteiger partial charge in [0.15, 0.2) is 9.76 Å². The largest absolute Gasteiger partial charge is 0.419 e. The summed E-state index contributed by atoms with van der Waals surface area (Å²) in [5, 5.41) is 0. The lowest BCUT2D eigenvalue weighted by atomic mass is 9.78. The first kappa shape index (κ1) is 12.5. The van der Waals surface area contributed by atoms with Gasteiger partial charge in [0.05, 0.1) is 5.60 Å². The fourth-order valence-corrected chi connectivity index (χ4v) is 4.19. The quantitative estimate of drug-likeness (QED) is 0.404. The second-order valence-electron chi connectivity index (χ2n) is 4.70. The molecule has 1 nitrogen and oxygen atoms in total. The van der Waals surface area contributed by atoms with E-state index in [1.807, 2.05) is 0 Å². The number of alkyl halides is 1. The Bertz CT molecular complexity index is 165. The zero-order chi connectivity index (χ0) is 10.4. The topological polar surface area (TPSA) is 9.23 Å². The summed E-state index contributed by atoms with van der Waals surface area (Å²) < 4.78 is 6.17. The van der Waals surface area contributed by atoms with E-state index < -0.39 is 0 Å². The lowest BCUT2D eigenvalue weighted by Gasteiger charge is -2.40. The van der Waals surface area contributed by atoms with Crippen LogP contribution in [0.3, 0.4) is 0 Å². The minimum absolute atomic E-state index is 0.205. The van der Waals surface area contributed by atoms with E-state index in [4.69, 9.17) is 16.0 Å². The molecule has 0 heterocycles. The minimum Gasteiger partial charge on any atom is -0.419 e. The first-order chi connectivity index (χ1) is 6.69. The molecule has 84 valence electrons. The van der Waals surface area contributed by atoms with Gasteiger partial charge in [0.1, 0.15) is 0 Å². The summed E-state index contributed by atoms with van der Waals surface area (Å²) in [5.74, 6) is 1.54. The van der Waals surface area contributed by atoms with Crippen LogP contribution in [0, 0.1) is 5.92 Å². The molecular formula is C11H23ClOSi. The van der Waals surface area contributed by atoms with E-state index in [2.05, 4.69) is 13.8 Å². The van der Waals surface area contributed by atoms with Crippen LogP contribution in [-0.4, -0.2) is 21.2 Å². The number of rotatable bonds is 5. The van der Waals surface area contributed by atoms with Gasteiger partial charge in [-0.3, -0.25) is 0 Å². The van der Waals surface area contributed by atoms with Gasteiger partial charge in [0.25, 0.3) is 0 Å². The molecule has 0 aromatic rings. The summed E-state index contributed by atoms with van der Waals surface area (Å²) in [5.41, 5.74) is 0.205. The van der Waals surface area contributed by atoms with Crippen LogP contribution in [0.2, 0.25) is 6.04 Å². The second kappa shape index (κ2) is 6.14. The van der Waals surface area contributed by atoms with Crippen molar-refractivity contribution in [2.45, 2.75) is 57.6 Å². The van der Waals surface area contributed by atoms with Gasteiger partial charge in [-0.2, -0.15) is 0 Å². The normalized spacial score (nSPS) is 34.1. The van der Waals surface area contributed by atoms with Gasteiger partial charge in [-0.05, 0) is 38.1 Å². The molecular weight excluding hydrogens is 212 g/mol. The van der Waals surface area contributed by atoms with Crippen molar-refractivity contribution in [2.24, 2.45) is 5.92 Å². The molecule has 1 saturated carbocycles. The maximum atomic E-state index is 6.17. The van der Waals surface area contributed by atoms with Crippen LogP contribution >= 0.6 is 11.6 Å². The zero-order valence-electron chi connectivity index (χ0n) is 9.52. The van der Waals surface area contributed by atoms with Crippen LogP contribution < -0.4 is 0 Å². The smallest absolute Gasteiger partial charge is 0.162 e. The zero-order valence-corrected chi connectivity index (χ0v) is 11.7. The average Bonchev–Trinajstić information content (AvgIpc) is 2.18. The van der Waals surface area contributed by atoms with Crippen molar-refractivity contribution < 1.29 is 4.43 Å².